The van der Waals surface area contributed by atoms with E-state index < -0.39 is 0 Å². The molecule has 1 aliphatic carbocycles. The number of carbonyl (C=O) groups excluding carboxylic acids is 1. The predicted octanol–water partition coefficient (Wildman–Crippen LogP) is 5.64. The van der Waals surface area contributed by atoms with Crippen molar-refractivity contribution in [2.75, 3.05) is 13.7 Å². The van der Waals surface area contributed by atoms with Crippen LogP contribution in [0.1, 0.15) is 67.2 Å². The average molecular weight is 467 g/mol. The van der Waals surface area contributed by atoms with Gasteiger partial charge in [0.25, 0.3) is 5.91 Å². The summed E-state index contributed by atoms with van der Waals surface area (Å²) >= 11 is 1.63. The van der Waals surface area contributed by atoms with Crippen molar-refractivity contribution >= 4 is 17.2 Å². The quantitative estimate of drug-likeness (QED) is 0.414. The van der Waals surface area contributed by atoms with Gasteiger partial charge in [0, 0.05) is 54.8 Å². The number of hydrogen-bond donors (Lipinski definition) is 1. The van der Waals surface area contributed by atoms with Crippen molar-refractivity contribution in [2.24, 2.45) is 0 Å². The summed E-state index contributed by atoms with van der Waals surface area (Å²) < 4.78 is 7.50. The SMILES string of the molecule is CCc1cc(-c2nc(-c3cc(C(=O)NC4CCCCC4)c(C)n3CCCOC)cs2)ccn1. The van der Waals surface area contributed by atoms with Gasteiger partial charge in [-0.25, -0.2) is 4.98 Å². The van der Waals surface area contributed by atoms with Crippen molar-refractivity contribution in [3.05, 3.63) is 46.7 Å². The van der Waals surface area contributed by atoms with E-state index in [0.29, 0.717) is 6.61 Å². The number of methoxy groups -OCH3 is 1. The molecule has 1 aliphatic rings. The molecule has 1 fully saturated rings. The number of aryl methyl sites for hydroxylation is 1. The molecular formula is C26H34N4O2S. The second kappa shape index (κ2) is 11.1. The smallest absolute Gasteiger partial charge is 0.253 e. The topological polar surface area (TPSA) is 69.0 Å². The van der Waals surface area contributed by atoms with E-state index >= 15 is 0 Å². The molecule has 0 saturated heterocycles. The lowest BCUT2D eigenvalue weighted by Crippen LogP contribution is -2.36. The lowest BCUT2D eigenvalue weighted by molar-refractivity contribution is 0.0927. The molecule has 1 saturated carbocycles. The third-order valence-electron chi connectivity index (χ3n) is 6.47. The maximum Gasteiger partial charge on any atom is 0.253 e. The Bertz CT molecular complexity index is 1080. The number of thiazole rings is 1. The van der Waals surface area contributed by atoms with E-state index in [2.05, 4.69) is 33.2 Å². The van der Waals surface area contributed by atoms with Gasteiger partial charge < -0.3 is 14.6 Å². The molecule has 7 heteroatoms. The molecule has 0 atom stereocenters. The Balaban J connectivity index is 1.64. The van der Waals surface area contributed by atoms with Gasteiger partial charge in [-0.05, 0) is 50.8 Å². The van der Waals surface area contributed by atoms with E-state index in [9.17, 15) is 4.79 Å². The maximum atomic E-state index is 13.2. The van der Waals surface area contributed by atoms with E-state index in [1.165, 1.54) is 19.3 Å². The Kier molecular flexibility index (Phi) is 7.93. The highest BCUT2D eigenvalue weighted by Gasteiger charge is 2.23. The van der Waals surface area contributed by atoms with E-state index in [1.807, 2.05) is 25.3 Å². The van der Waals surface area contributed by atoms with Crippen LogP contribution in [0.5, 0.6) is 0 Å². The molecule has 6 nitrogen and oxygen atoms in total. The van der Waals surface area contributed by atoms with Crippen molar-refractivity contribution in [2.45, 2.75) is 71.4 Å². The summed E-state index contributed by atoms with van der Waals surface area (Å²) in [6, 6.07) is 6.42. The molecule has 33 heavy (non-hydrogen) atoms. The number of hydrogen-bond acceptors (Lipinski definition) is 5. The van der Waals surface area contributed by atoms with Crippen LogP contribution in [0.2, 0.25) is 0 Å². The van der Waals surface area contributed by atoms with Crippen molar-refractivity contribution in [3.63, 3.8) is 0 Å². The molecule has 3 aromatic rings. The number of nitrogens with one attached hydrogen (secondary N) is 1. The number of carbonyl (C=O) groups is 1. The van der Waals surface area contributed by atoms with Gasteiger partial charge in [0.1, 0.15) is 5.01 Å². The fourth-order valence-electron chi connectivity index (χ4n) is 4.58. The van der Waals surface area contributed by atoms with Gasteiger partial charge >= 0.3 is 0 Å². The van der Waals surface area contributed by atoms with Crippen LogP contribution >= 0.6 is 11.3 Å². The van der Waals surface area contributed by atoms with Gasteiger partial charge in [-0.3, -0.25) is 9.78 Å². The standard InChI is InChI=1S/C26H34N4O2S/c1-4-20-15-19(11-12-27-20)26-29-23(17-33-26)24-16-22(18(2)30(24)13-8-14-32-3)25(31)28-21-9-6-5-7-10-21/h11-12,15-17,21H,4-10,13-14H2,1-3H3,(H,28,31). The van der Waals surface area contributed by atoms with Crippen LogP contribution in [-0.2, 0) is 17.7 Å². The summed E-state index contributed by atoms with van der Waals surface area (Å²) in [6.45, 7) is 5.61. The van der Waals surface area contributed by atoms with Crippen LogP contribution in [0.25, 0.3) is 22.0 Å². The number of aromatic nitrogens is 3. The van der Waals surface area contributed by atoms with Gasteiger partial charge in [0.2, 0.25) is 0 Å². The van der Waals surface area contributed by atoms with Crippen LogP contribution in [0.4, 0.5) is 0 Å². The molecule has 0 aromatic carbocycles. The van der Waals surface area contributed by atoms with Crippen LogP contribution < -0.4 is 5.32 Å². The fraction of sp³-hybridized carbons (Fsp3) is 0.500. The number of pyridine rings is 1. The molecule has 176 valence electrons. The monoisotopic (exact) mass is 466 g/mol. The normalized spacial score (nSPS) is 14.5. The molecule has 0 unspecified atom stereocenters. The molecule has 0 radical (unpaired) electrons. The van der Waals surface area contributed by atoms with Crippen molar-refractivity contribution in [1.82, 2.24) is 19.9 Å². The molecule has 0 aliphatic heterocycles. The summed E-state index contributed by atoms with van der Waals surface area (Å²) in [4.78, 5) is 22.5. The summed E-state index contributed by atoms with van der Waals surface area (Å²) in [6.07, 6.45) is 9.44. The largest absolute Gasteiger partial charge is 0.385 e. The summed E-state index contributed by atoms with van der Waals surface area (Å²) in [5, 5.41) is 6.34. The van der Waals surface area contributed by atoms with Crippen molar-refractivity contribution in [3.8, 4) is 22.0 Å². The van der Waals surface area contributed by atoms with Crippen LogP contribution in [0.3, 0.4) is 0 Å². The van der Waals surface area contributed by atoms with Gasteiger partial charge in [0.05, 0.1) is 17.0 Å². The average Bonchev–Trinajstić information content (AvgIpc) is 3.45. The number of ether oxygens (including phenoxy) is 1. The Morgan fingerprint density at radius 2 is 2.09 bits per heavy atom. The predicted molar refractivity (Wildman–Crippen MR) is 134 cm³/mol. The lowest BCUT2D eigenvalue weighted by atomic mass is 9.95. The molecule has 4 rings (SSSR count). The van der Waals surface area contributed by atoms with E-state index in [1.54, 1.807) is 18.4 Å². The Labute approximate surface area is 200 Å². The molecular weight excluding hydrogens is 432 g/mol. The molecule has 1 N–H and O–H groups in total. The maximum absolute atomic E-state index is 13.2. The minimum Gasteiger partial charge on any atom is -0.385 e. The minimum absolute atomic E-state index is 0.0308. The van der Waals surface area contributed by atoms with E-state index in [4.69, 9.17) is 9.72 Å². The first-order chi connectivity index (χ1) is 16.1. The van der Waals surface area contributed by atoms with Crippen LogP contribution in [-0.4, -0.2) is 40.2 Å². The third kappa shape index (κ3) is 5.53. The minimum atomic E-state index is 0.0308. The van der Waals surface area contributed by atoms with Gasteiger partial charge in [-0.2, -0.15) is 0 Å². The number of amides is 1. The van der Waals surface area contributed by atoms with Crippen LogP contribution in [0, 0.1) is 6.92 Å². The molecule has 0 bridgehead atoms. The highest BCUT2D eigenvalue weighted by atomic mass is 32.1. The molecule has 3 heterocycles. The second-order valence-corrected chi connectivity index (χ2v) is 9.62. The number of rotatable bonds is 9. The van der Waals surface area contributed by atoms with Crippen molar-refractivity contribution < 1.29 is 9.53 Å². The van der Waals surface area contributed by atoms with E-state index in [0.717, 1.165) is 71.1 Å². The molecule has 1 amide bonds. The number of nitrogens with zero attached hydrogens (tertiary/aromatic N) is 3. The first-order valence-electron chi connectivity index (χ1n) is 12.0. The first kappa shape index (κ1) is 23.6. The lowest BCUT2D eigenvalue weighted by Gasteiger charge is -2.22. The first-order valence-corrected chi connectivity index (χ1v) is 12.9. The van der Waals surface area contributed by atoms with Crippen molar-refractivity contribution in [1.29, 1.82) is 0 Å². The molecule has 3 aromatic heterocycles. The Morgan fingerprint density at radius 1 is 1.27 bits per heavy atom. The van der Waals surface area contributed by atoms with Gasteiger partial charge in [0.15, 0.2) is 0 Å². The van der Waals surface area contributed by atoms with Gasteiger partial charge in [-0.1, -0.05) is 26.2 Å². The fourth-order valence-corrected chi connectivity index (χ4v) is 5.39. The van der Waals surface area contributed by atoms with Crippen LogP contribution in [0.15, 0.2) is 29.8 Å². The zero-order chi connectivity index (χ0) is 23.2. The van der Waals surface area contributed by atoms with Gasteiger partial charge in [-0.15, -0.1) is 11.3 Å². The Morgan fingerprint density at radius 3 is 2.85 bits per heavy atom. The third-order valence-corrected chi connectivity index (χ3v) is 7.37. The molecule has 0 spiro atoms. The summed E-state index contributed by atoms with van der Waals surface area (Å²) in [5.74, 6) is 0.0308. The Hall–Kier alpha value is -2.51. The summed E-state index contributed by atoms with van der Waals surface area (Å²) in [7, 11) is 1.72. The summed E-state index contributed by atoms with van der Waals surface area (Å²) in [5.41, 5.74) is 5.78. The zero-order valence-electron chi connectivity index (χ0n) is 19.9. The second-order valence-electron chi connectivity index (χ2n) is 8.76. The highest BCUT2D eigenvalue weighted by Crippen LogP contribution is 2.32. The van der Waals surface area contributed by atoms with E-state index in [-0.39, 0.29) is 11.9 Å². The zero-order valence-corrected chi connectivity index (χ0v) is 20.7. The highest BCUT2D eigenvalue weighted by molar-refractivity contribution is 7.13.